The molecule has 68 heavy (non-hydrogen) atoms. The average Bonchev–Trinajstić information content (AvgIpc) is 3.95. The molecule has 0 N–H and O–H groups in total. The van der Waals surface area contributed by atoms with E-state index in [9.17, 15) is 0 Å². The minimum absolute atomic E-state index is 1.23. The quantitative estimate of drug-likeness (QED) is 0.115. The highest BCUT2D eigenvalue weighted by Gasteiger charge is 2.33. The maximum atomic E-state index is 2.44. The van der Waals surface area contributed by atoms with Gasteiger partial charge in [-0.3, -0.25) is 0 Å². The molecule has 13 aromatic carbocycles. The van der Waals surface area contributed by atoms with Crippen LogP contribution in [-0.4, -0.2) is 0 Å². The lowest BCUT2D eigenvalue weighted by atomic mass is 9.85. The van der Waals surface area contributed by atoms with Crippen molar-refractivity contribution < 1.29 is 0 Å². The van der Waals surface area contributed by atoms with Gasteiger partial charge in [-0.05, 0) is 154 Å². The highest BCUT2D eigenvalue weighted by atomic mass is 14.4. The molecule has 0 radical (unpaired) electrons. The zero-order valence-electron chi connectivity index (χ0n) is 37.1. The van der Waals surface area contributed by atoms with Gasteiger partial charge < -0.3 is 0 Å². The summed E-state index contributed by atoms with van der Waals surface area (Å²) in [6, 6.07) is 90.5. The molecule has 0 atom stereocenters. The van der Waals surface area contributed by atoms with Crippen molar-refractivity contribution in [2.45, 2.75) is 0 Å². The molecule has 0 aliphatic heterocycles. The zero-order chi connectivity index (χ0) is 44.5. The second-order valence-corrected chi connectivity index (χ2v) is 18.5. The van der Waals surface area contributed by atoms with Crippen molar-refractivity contribution in [2.75, 3.05) is 0 Å². The smallest absolute Gasteiger partial charge is 0.00134 e. The summed E-state index contributed by atoms with van der Waals surface area (Å²) < 4.78 is 0. The van der Waals surface area contributed by atoms with Crippen LogP contribution < -0.4 is 0 Å². The lowest BCUT2D eigenvalue weighted by Crippen LogP contribution is -1.91. The van der Waals surface area contributed by atoms with Crippen LogP contribution in [0.5, 0.6) is 0 Å². The van der Waals surface area contributed by atoms with Crippen LogP contribution >= 0.6 is 0 Å². The molecule has 2 aliphatic rings. The van der Waals surface area contributed by atoms with E-state index in [0.717, 1.165) is 0 Å². The SMILES string of the molecule is c1ccc(-c2ccccc2-c2ccc(-c3ccccc3)c3c2-c2ccc4c5ccc6c7c(ccc(c8ccc-3c2c84)c75)-c2c(-c3ccccc3)ccc(-c3ccccc3-c3ccccc3)c2-6)cc1. The molecule has 0 aromatic heterocycles. The van der Waals surface area contributed by atoms with Gasteiger partial charge in [-0.15, -0.1) is 0 Å². The normalized spacial score (nSPS) is 12.1. The summed E-state index contributed by atoms with van der Waals surface area (Å²) in [5.74, 6) is 0. The maximum Gasteiger partial charge on any atom is -0.00134 e. The highest BCUT2D eigenvalue weighted by molar-refractivity contribution is 6.41. The van der Waals surface area contributed by atoms with Crippen LogP contribution in [0.3, 0.4) is 0 Å². The Hall–Kier alpha value is -8.84. The Bertz CT molecular complexity index is 3910. The third kappa shape index (κ3) is 5.15. The predicted octanol–water partition coefficient (Wildman–Crippen LogP) is 19.0. The van der Waals surface area contributed by atoms with Crippen LogP contribution in [0.15, 0.2) is 243 Å². The first-order valence-electron chi connectivity index (χ1n) is 23.8. The summed E-state index contributed by atoms with van der Waals surface area (Å²) in [4.78, 5) is 0. The number of hydrogen-bond acceptors (Lipinski definition) is 0. The first-order valence-corrected chi connectivity index (χ1v) is 23.8. The molecule has 0 amide bonds. The number of benzene rings is 13. The molecule has 0 saturated carbocycles. The molecule has 0 bridgehead atoms. The van der Waals surface area contributed by atoms with E-state index in [1.165, 1.54) is 154 Å². The van der Waals surface area contributed by atoms with Crippen molar-refractivity contribution in [2.24, 2.45) is 0 Å². The second kappa shape index (κ2) is 14.3. The van der Waals surface area contributed by atoms with E-state index in [1.807, 2.05) is 0 Å². The average molecular weight is 857 g/mol. The summed E-state index contributed by atoms with van der Waals surface area (Å²) in [5, 5.41) is 10.7. The number of rotatable bonds is 6. The van der Waals surface area contributed by atoms with Crippen LogP contribution in [0, 0.1) is 0 Å². The summed E-state index contributed by atoms with van der Waals surface area (Å²) in [6.07, 6.45) is 0. The molecular weight excluding hydrogens is 817 g/mol. The fourth-order valence-corrected chi connectivity index (χ4v) is 12.4. The Balaban J connectivity index is 1.01. The summed E-state index contributed by atoms with van der Waals surface area (Å²) >= 11 is 0. The fraction of sp³-hybridized carbons (Fsp3) is 0. The van der Waals surface area contributed by atoms with E-state index in [2.05, 4.69) is 243 Å². The third-order valence-electron chi connectivity index (χ3n) is 15.2. The first kappa shape index (κ1) is 37.4. The van der Waals surface area contributed by atoms with Crippen molar-refractivity contribution in [1.82, 2.24) is 0 Å². The molecule has 0 nitrogen and oxygen atoms in total. The topological polar surface area (TPSA) is 0 Å². The van der Waals surface area contributed by atoms with E-state index in [1.54, 1.807) is 0 Å². The van der Waals surface area contributed by atoms with Crippen LogP contribution in [0.4, 0.5) is 0 Å². The zero-order valence-corrected chi connectivity index (χ0v) is 37.1. The summed E-state index contributed by atoms with van der Waals surface area (Å²) in [7, 11) is 0. The summed E-state index contributed by atoms with van der Waals surface area (Å²) in [6.45, 7) is 0. The van der Waals surface area contributed by atoms with Gasteiger partial charge in [0.25, 0.3) is 0 Å². The third-order valence-corrected chi connectivity index (χ3v) is 15.2. The van der Waals surface area contributed by atoms with Crippen LogP contribution in [-0.2, 0) is 0 Å². The fourth-order valence-electron chi connectivity index (χ4n) is 12.4. The van der Waals surface area contributed by atoms with E-state index < -0.39 is 0 Å². The molecule has 0 fully saturated rings. The van der Waals surface area contributed by atoms with Gasteiger partial charge in [-0.25, -0.2) is 0 Å². The molecule has 0 unspecified atom stereocenters. The Labute approximate surface area is 395 Å². The monoisotopic (exact) mass is 856 g/mol. The van der Waals surface area contributed by atoms with Gasteiger partial charge in [0.2, 0.25) is 0 Å². The van der Waals surface area contributed by atoms with Gasteiger partial charge >= 0.3 is 0 Å². The van der Waals surface area contributed by atoms with Crippen molar-refractivity contribution in [3.8, 4) is 111 Å². The highest BCUT2D eigenvalue weighted by Crippen LogP contribution is 2.61. The molecule has 13 aromatic rings. The summed E-state index contributed by atoms with van der Waals surface area (Å²) in [5.41, 5.74) is 25.5. The Kier molecular flexibility index (Phi) is 7.88. The minimum Gasteiger partial charge on any atom is -0.0622 e. The number of hydrogen-bond donors (Lipinski definition) is 0. The molecule has 0 spiro atoms. The van der Waals surface area contributed by atoms with Gasteiger partial charge in [0.1, 0.15) is 0 Å². The van der Waals surface area contributed by atoms with Gasteiger partial charge in [-0.1, -0.05) is 243 Å². The standard InChI is InChI=1S/C68H40/c1-5-17-41(18-6-1)45-25-13-15-27-49(45)51-31-29-47(43-21-9-3-10-22-43)61-57-37-33-53-54-34-38-58-62-48(44-23-11-4-12-24-44)30-32-52(50-28-16-14-26-46(50)42-19-7-2-8-20-42)66(62)60-40-36-56(64(54)68(58)60)55-35-39-59(65(51)61)67(57)63(53)55/h1-40H. The molecule has 0 heteroatoms. The van der Waals surface area contributed by atoms with Crippen LogP contribution in [0.25, 0.3) is 154 Å². The maximum absolute atomic E-state index is 2.44. The van der Waals surface area contributed by atoms with E-state index in [0.29, 0.717) is 0 Å². The van der Waals surface area contributed by atoms with Crippen molar-refractivity contribution in [3.05, 3.63) is 243 Å². The van der Waals surface area contributed by atoms with E-state index >= 15 is 0 Å². The Morgan fingerprint density at radius 3 is 0.691 bits per heavy atom. The van der Waals surface area contributed by atoms with Crippen molar-refractivity contribution >= 4 is 43.1 Å². The largest absolute Gasteiger partial charge is 0.0622 e. The van der Waals surface area contributed by atoms with Crippen LogP contribution in [0.1, 0.15) is 0 Å². The van der Waals surface area contributed by atoms with Gasteiger partial charge in [0.05, 0.1) is 0 Å². The molecule has 312 valence electrons. The predicted molar refractivity (Wildman–Crippen MR) is 289 cm³/mol. The van der Waals surface area contributed by atoms with Gasteiger partial charge in [0.15, 0.2) is 0 Å². The van der Waals surface area contributed by atoms with E-state index in [4.69, 9.17) is 0 Å². The molecule has 15 rings (SSSR count). The first-order chi connectivity index (χ1) is 33.8. The second-order valence-electron chi connectivity index (χ2n) is 18.5. The van der Waals surface area contributed by atoms with Gasteiger partial charge in [0, 0.05) is 0 Å². The minimum atomic E-state index is 1.23. The number of fused-ring (bicyclic) bond motifs is 8. The Morgan fingerprint density at radius 1 is 0.132 bits per heavy atom. The van der Waals surface area contributed by atoms with Gasteiger partial charge in [-0.2, -0.15) is 0 Å². The van der Waals surface area contributed by atoms with Crippen LogP contribution in [0.2, 0.25) is 0 Å². The molecule has 2 aliphatic carbocycles. The van der Waals surface area contributed by atoms with Crippen molar-refractivity contribution in [3.63, 3.8) is 0 Å². The molecule has 0 saturated heterocycles. The van der Waals surface area contributed by atoms with E-state index in [-0.39, 0.29) is 0 Å². The Morgan fingerprint density at radius 2 is 0.368 bits per heavy atom. The lowest BCUT2D eigenvalue weighted by molar-refractivity contribution is 1.57. The lowest BCUT2D eigenvalue weighted by Gasteiger charge is -2.18. The van der Waals surface area contributed by atoms with Crippen molar-refractivity contribution in [1.29, 1.82) is 0 Å². The molecule has 0 heterocycles. The molecular formula is C68H40.